The van der Waals surface area contributed by atoms with Gasteiger partial charge in [0.2, 0.25) is 0 Å². The molecule has 1 aromatic carbocycles. The van der Waals surface area contributed by atoms with Crippen LogP contribution in [-0.2, 0) is 0 Å². The van der Waals surface area contributed by atoms with Gasteiger partial charge in [-0.25, -0.2) is 4.39 Å². The number of halogens is 1. The molecule has 0 amide bonds. The summed E-state index contributed by atoms with van der Waals surface area (Å²) in [4.78, 5) is 0. The summed E-state index contributed by atoms with van der Waals surface area (Å²) in [6, 6.07) is 7.53. The van der Waals surface area contributed by atoms with Crippen LogP contribution < -0.4 is 5.32 Å². The standard InChI is InChI=1S/C14H20FN/c1-10(12-6-4-5-7-13(12)15)16-11(2)14(3)8-9-14/h4-7,10-11,16H,8-9H2,1-3H3. The highest BCUT2D eigenvalue weighted by Gasteiger charge is 2.42. The summed E-state index contributed by atoms with van der Waals surface area (Å²) >= 11 is 0. The second-order valence-electron chi connectivity index (χ2n) is 5.29. The van der Waals surface area contributed by atoms with Crippen LogP contribution >= 0.6 is 0 Å². The van der Waals surface area contributed by atoms with Gasteiger partial charge in [0.15, 0.2) is 0 Å². The Balaban J connectivity index is 2.03. The van der Waals surface area contributed by atoms with E-state index in [2.05, 4.69) is 19.2 Å². The van der Waals surface area contributed by atoms with Crippen LogP contribution in [0.15, 0.2) is 24.3 Å². The smallest absolute Gasteiger partial charge is 0.127 e. The first kappa shape index (κ1) is 11.6. The maximum Gasteiger partial charge on any atom is 0.127 e. The second kappa shape index (κ2) is 4.17. The van der Waals surface area contributed by atoms with E-state index in [1.807, 2.05) is 19.1 Å². The summed E-state index contributed by atoms with van der Waals surface area (Å²) in [5, 5.41) is 3.50. The molecule has 1 saturated carbocycles. The molecule has 1 nitrogen and oxygen atoms in total. The van der Waals surface area contributed by atoms with E-state index in [0.29, 0.717) is 11.5 Å². The van der Waals surface area contributed by atoms with Crippen molar-refractivity contribution in [2.24, 2.45) is 5.41 Å². The fourth-order valence-corrected chi connectivity index (χ4v) is 2.12. The van der Waals surface area contributed by atoms with Gasteiger partial charge >= 0.3 is 0 Å². The summed E-state index contributed by atoms with van der Waals surface area (Å²) < 4.78 is 13.6. The summed E-state index contributed by atoms with van der Waals surface area (Å²) in [7, 11) is 0. The third-order valence-electron chi connectivity index (χ3n) is 3.96. The molecule has 0 aromatic heterocycles. The predicted molar refractivity (Wildman–Crippen MR) is 64.8 cm³/mol. The molecular formula is C14H20FN. The van der Waals surface area contributed by atoms with Gasteiger partial charge in [-0.15, -0.1) is 0 Å². The number of hydrogen-bond acceptors (Lipinski definition) is 1. The Kier molecular flexibility index (Phi) is 3.02. The minimum absolute atomic E-state index is 0.0774. The van der Waals surface area contributed by atoms with E-state index >= 15 is 0 Å². The van der Waals surface area contributed by atoms with Gasteiger partial charge < -0.3 is 5.32 Å². The number of benzene rings is 1. The van der Waals surface area contributed by atoms with Crippen LogP contribution in [0.4, 0.5) is 4.39 Å². The first-order valence-electron chi connectivity index (χ1n) is 6.03. The van der Waals surface area contributed by atoms with Gasteiger partial charge in [-0.2, -0.15) is 0 Å². The molecule has 1 aliphatic rings. The average molecular weight is 221 g/mol. The van der Waals surface area contributed by atoms with Crippen molar-refractivity contribution >= 4 is 0 Å². The van der Waals surface area contributed by atoms with E-state index in [-0.39, 0.29) is 11.9 Å². The minimum Gasteiger partial charge on any atom is -0.307 e. The Morgan fingerprint density at radius 3 is 2.44 bits per heavy atom. The number of nitrogens with one attached hydrogen (secondary N) is 1. The molecular weight excluding hydrogens is 201 g/mol. The molecule has 0 radical (unpaired) electrons. The van der Waals surface area contributed by atoms with Gasteiger partial charge in [0, 0.05) is 17.6 Å². The van der Waals surface area contributed by atoms with Gasteiger partial charge in [-0.05, 0) is 38.2 Å². The minimum atomic E-state index is -0.115. The van der Waals surface area contributed by atoms with Crippen molar-refractivity contribution in [2.75, 3.05) is 0 Å². The van der Waals surface area contributed by atoms with Crippen molar-refractivity contribution in [3.63, 3.8) is 0 Å². The lowest BCUT2D eigenvalue weighted by molar-refractivity contribution is 0.346. The molecule has 1 aromatic rings. The highest BCUT2D eigenvalue weighted by Crippen LogP contribution is 2.48. The molecule has 0 saturated heterocycles. The molecule has 16 heavy (non-hydrogen) atoms. The summed E-state index contributed by atoms with van der Waals surface area (Å²) in [5.41, 5.74) is 1.19. The van der Waals surface area contributed by atoms with Crippen LogP contribution in [0.5, 0.6) is 0 Å². The van der Waals surface area contributed by atoms with Crippen molar-refractivity contribution in [3.05, 3.63) is 35.6 Å². The summed E-state index contributed by atoms with van der Waals surface area (Å²) in [6.45, 7) is 6.52. The molecule has 0 heterocycles. The fourth-order valence-electron chi connectivity index (χ4n) is 2.12. The van der Waals surface area contributed by atoms with Crippen LogP contribution in [0.1, 0.15) is 45.2 Å². The Bertz CT molecular complexity index is 371. The summed E-state index contributed by atoms with van der Waals surface area (Å²) in [6.07, 6.45) is 2.57. The van der Waals surface area contributed by atoms with E-state index in [4.69, 9.17) is 0 Å². The molecule has 1 aliphatic carbocycles. The van der Waals surface area contributed by atoms with Crippen LogP contribution in [0.25, 0.3) is 0 Å². The van der Waals surface area contributed by atoms with Gasteiger partial charge in [-0.3, -0.25) is 0 Å². The maximum atomic E-state index is 13.6. The Labute approximate surface area is 97.1 Å². The van der Waals surface area contributed by atoms with Gasteiger partial charge in [0.25, 0.3) is 0 Å². The quantitative estimate of drug-likeness (QED) is 0.818. The third-order valence-corrected chi connectivity index (χ3v) is 3.96. The van der Waals surface area contributed by atoms with E-state index in [0.717, 1.165) is 5.56 Å². The number of rotatable bonds is 4. The lowest BCUT2D eigenvalue weighted by Gasteiger charge is -2.25. The zero-order valence-corrected chi connectivity index (χ0v) is 10.3. The highest BCUT2D eigenvalue weighted by molar-refractivity contribution is 5.21. The molecule has 2 rings (SSSR count). The average Bonchev–Trinajstić information content (AvgIpc) is 2.98. The maximum absolute atomic E-state index is 13.6. The zero-order valence-electron chi connectivity index (χ0n) is 10.3. The van der Waals surface area contributed by atoms with Crippen molar-refractivity contribution < 1.29 is 4.39 Å². The fraction of sp³-hybridized carbons (Fsp3) is 0.571. The van der Waals surface area contributed by atoms with E-state index in [1.54, 1.807) is 6.07 Å². The predicted octanol–water partition coefficient (Wildman–Crippen LogP) is 3.66. The molecule has 2 unspecified atom stereocenters. The summed E-state index contributed by atoms with van der Waals surface area (Å²) in [5.74, 6) is -0.115. The van der Waals surface area contributed by atoms with Crippen LogP contribution in [0, 0.1) is 11.2 Å². The van der Waals surface area contributed by atoms with Crippen molar-refractivity contribution in [3.8, 4) is 0 Å². The molecule has 0 bridgehead atoms. The topological polar surface area (TPSA) is 12.0 Å². The normalized spacial score (nSPS) is 21.5. The van der Waals surface area contributed by atoms with Gasteiger partial charge in [-0.1, -0.05) is 25.1 Å². The Morgan fingerprint density at radius 2 is 1.88 bits per heavy atom. The third kappa shape index (κ3) is 2.27. The SMILES string of the molecule is CC(NC(C)C1(C)CC1)c1ccccc1F. The van der Waals surface area contributed by atoms with E-state index in [9.17, 15) is 4.39 Å². The van der Waals surface area contributed by atoms with Crippen LogP contribution in [-0.4, -0.2) is 6.04 Å². The van der Waals surface area contributed by atoms with Crippen molar-refractivity contribution in [1.29, 1.82) is 0 Å². The van der Waals surface area contributed by atoms with E-state index in [1.165, 1.54) is 18.9 Å². The Morgan fingerprint density at radius 1 is 1.25 bits per heavy atom. The first-order chi connectivity index (χ1) is 7.53. The monoisotopic (exact) mass is 221 g/mol. The van der Waals surface area contributed by atoms with E-state index < -0.39 is 0 Å². The molecule has 0 spiro atoms. The van der Waals surface area contributed by atoms with Gasteiger partial charge in [0.05, 0.1) is 0 Å². The first-order valence-corrected chi connectivity index (χ1v) is 6.03. The lowest BCUT2D eigenvalue weighted by Crippen LogP contribution is -2.35. The van der Waals surface area contributed by atoms with Crippen LogP contribution in [0.3, 0.4) is 0 Å². The highest BCUT2D eigenvalue weighted by atomic mass is 19.1. The molecule has 1 fully saturated rings. The zero-order chi connectivity index (χ0) is 11.8. The molecule has 0 aliphatic heterocycles. The Hall–Kier alpha value is -0.890. The van der Waals surface area contributed by atoms with Crippen molar-refractivity contribution in [2.45, 2.75) is 45.7 Å². The molecule has 2 atom stereocenters. The second-order valence-corrected chi connectivity index (χ2v) is 5.29. The van der Waals surface area contributed by atoms with Crippen molar-refractivity contribution in [1.82, 2.24) is 5.32 Å². The largest absolute Gasteiger partial charge is 0.307 e. The van der Waals surface area contributed by atoms with Gasteiger partial charge in [0.1, 0.15) is 5.82 Å². The lowest BCUT2D eigenvalue weighted by atomic mass is 9.98. The molecule has 2 heteroatoms. The molecule has 88 valence electrons. The molecule has 1 N–H and O–H groups in total. The number of hydrogen-bond donors (Lipinski definition) is 1. The van der Waals surface area contributed by atoms with Crippen LogP contribution in [0.2, 0.25) is 0 Å².